The fourth-order valence-corrected chi connectivity index (χ4v) is 1.98. The van der Waals surface area contributed by atoms with Crippen LogP contribution in [-0.4, -0.2) is 28.9 Å². The van der Waals surface area contributed by atoms with Gasteiger partial charge in [-0.2, -0.15) is 0 Å². The molecule has 0 radical (unpaired) electrons. The Kier molecular flexibility index (Phi) is 6.62. The number of benzene rings is 1. The van der Waals surface area contributed by atoms with Gasteiger partial charge in [-0.05, 0) is 32.3 Å². The highest BCUT2D eigenvalue weighted by Gasteiger charge is 2.25. The van der Waals surface area contributed by atoms with Crippen molar-refractivity contribution < 1.29 is 14.6 Å². The highest BCUT2D eigenvalue weighted by atomic mass is 16.6. The number of ether oxygens (including phenoxy) is 1. The summed E-state index contributed by atoms with van der Waals surface area (Å²) >= 11 is 0. The first-order valence-corrected chi connectivity index (χ1v) is 7.60. The van der Waals surface area contributed by atoms with Gasteiger partial charge in [0.1, 0.15) is 5.60 Å². The lowest BCUT2D eigenvalue weighted by Gasteiger charge is -2.27. The molecule has 2 N–H and O–H groups in total. The maximum absolute atomic E-state index is 11.9. The summed E-state index contributed by atoms with van der Waals surface area (Å²) in [6.07, 6.45) is 2.24. The predicted octanol–water partition coefficient (Wildman–Crippen LogP) is 3.61. The molecule has 0 heterocycles. The quantitative estimate of drug-likeness (QED) is 0.873. The first-order chi connectivity index (χ1) is 10.2. The number of alkyl carbamates (subject to hydrolysis) is 1. The van der Waals surface area contributed by atoms with E-state index in [0.717, 1.165) is 5.56 Å². The van der Waals surface area contributed by atoms with Crippen molar-refractivity contribution in [2.24, 2.45) is 5.92 Å². The third-order valence-corrected chi connectivity index (χ3v) is 3.05. The summed E-state index contributed by atoms with van der Waals surface area (Å²) in [4.78, 5) is 11.9. The summed E-state index contributed by atoms with van der Waals surface area (Å²) < 4.78 is 5.25. The fraction of sp³-hybridized carbons (Fsp3) is 0.500. The molecule has 0 fully saturated rings. The van der Waals surface area contributed by atoms with Crippen molar-refractivity contribution in [2.45, 2.75) is 52.4 Å². The number of rotatable bonds is 5. The van der Waals surface area contributed by atoms with Gasteiger partial charge in [0.2, 0.25) is 0 Å². The Bertz CT molecular complexity index is 489. The van der Waals surface area contributed by atoms with Crippen molar-refractivity contribution in [3.63, 3.8) is 0 Å². The summed E-state index contributed by atoms with van der Waals surface area (Å²) in [6, 6.07) is 9.31. The van der Waals surface area contributed by atoms with Gasteiger partial charge in [-0.15, -0.1) is 0 Å². The molecule has 0 bridgehead atoms. The Morgan fingerprint density at radius 1 is 1.23 bits per heavy atom. The van der Waals surface area contributed by atoms with Gasteiger partial charge in [0.15, 0.2) is 0 Å². The zero-order chi connectivity index (χ0) is 16.8. The predicted molar refractivity (Wildman–Crippen MR) is 89.5 cm³/mol. The first kappa shape index (κ1) is 18.2. The lowest BCUT2D eigenvalue weighted by atomic mass is 9.98. The Morgan fingerprint density at radius 2 is 1.82 bits per heavy atom. The molecule has 2 atom stereocenters. The Morgan fingerprint density at radius 3 is 2.32 bits per heavy atom. The molecule has 1 aromatic carbocycles. The van der Waals surface area contributed by atoms with Crippen LogP contribution in [0, 0.1) is 5.92 Å². The second kappa shape index (κ2) is 7.99. The average molecular weight is 305 g/mol. The van der Waals surface area contributed by atoms with Gasteiger partial charge in [0.05, 0.1) is 12.1 Å². The van der Waals surface area contributed by atoms with E-state index in [4.69, 9.17) is 4.74 Å². The molecule has 4 nitrogen and oxygen atoms in total. The molecular formula is C18H27NO3. The van der Waals surface area contributed by atoms with E-state index in [-0.39, 0.29) is 5.92 Å². The number of nitrogens with one attached hydrogen (secondary N) is 1. The van der Waals surface area contributed by atoms with Gasteiger partial charge in [-0.25, -0.2) is 4.79 Å². The number of carbonyl (C=O) groups is 1. The zero-order valence-corrected chi connectivity index (χ0v) is 14.0. The Balaban J connectivity index is 2.70. The van der Waals surface area contributed by atoms with Crippen molar-refractivity contribution >= 4 is 12.2 Å². The van der Waals surface area contributed by atoms with Crippen LogP contribution in [0.25, 0.3) is 6.08 Å². The molecule has 0 aliphatic carbocycles. The molecule has 0 saturated carbocycles. The van der Waals surface area contributed by atoms with Gasteiger partial charge in [0, 0.05) is 0 Å². The molecular weight excluding hydrogens is 278 g/mol. The number of hydrogen-bond acceptors (Lipinski definition) is 3. The average Bonchev–Trinajstić information content (AvgIpc) is 2.41. The van der Waals surface area contributed by atoms with Crippen LogP contribution in [0.4, 0.5) is 4.79 Å². The molecule has 122 valence electrons. The molecule has 1 rings (SSSR count). The van der Waals surface area contributed by atoms with Crippen LogP contribution in [0.2, 0.25) is 0 Å². The molecule has 0 aliphatic heterocycles. The minimum absolute atomic E-state index is 0.0722. The van der Waals surface area contributed by atoms with Gasteiger partial charge in [-0.1, -0.05) is 56.3 Å². The van der Waals surface area contributed by atoms with Crippen LogP contribution >= 0.6 is 0 Å². The minimum Gasteiger partial charge on any atom is -0.444 e. The number of carbonyl (C=O) groups excluding carboxylic acids is 1. The maximum atomic E-state index is 11.9. The summed E-state index contributed by atoms with van der Waals surface area (Å²) in [5.74, 6) is 0.0722. The second-order valence-corrected chi connectivity index (χ2v) is 6.68. The van der Waals surface area contributed by atoms with Crippen LogP contribution in [0.15, 0.2) is 36.4 Å². The summed E-state index contributed by atoms with van der Waals surface area (Å²) in [6.45, 7) is 9.32. The van der Waals surface area contributed by atoms with Crippen molar-refractivity contribution in [1.29, 1.82) is 0 Å². The molecule has 1 amide bonds. The third-order valence-electron chi connectivity index (χ3n) is 3.05. The van der Waals surface area contributed by atoms with E-state index < -0.39 is 23.8 Å². The van der Waals surface area contributed by atoms with E-state index in [2.05, 4.69) is 5.32 Å². The third kappa shape index (κ3) is 6.76. The van der Waals surface area contributed by atoms with Crippen LogP contribution in [0.1, 0.15) is 40.2 Å². The molecule has 22 heavy (non-hydrogen) atoms. The van der Waals surface area contributed by atoms with Gasteiger partial charge in [-0.3, -0.25) is 0 Å². The highest BCUT2D eigenvalue weighted by molar-refractivity contribution is 5.68. The van der Waals surface area contributed by atoms with Crippen LogP contribution in [0.5, 0.6) is 0 Å². The largest absolute Gasteiger partial charge is 0.444 e. The molecule has 0 saturated heterocycles. The van der Waals surface area contributed by atoms with E-state index in [9.17, 15) is 9.90 Å². The highest BCUT2D eigenvalue weighted by Crippen LogP contribution is 2.13. The van der Waals surface area contributed by atoms with E-state index in [1.54, 1.807) is 6.08 Å². The van der Waals surface area contributed by atoms with Gasteiger partial charge >= 0.3 is 6.09 Å². The molecule has 0 aromatic heterocycles. The zero-order valence-electron chi connectivity index (χ0n) is 14.0. The summed E-state index contributed by atoms with van der Waals surface area (Å²) in [7, 11) is 0. The molecule has 0 aliphatic rings. The van der Waals surface area contributed by atoms with Crippen LogP contribution in [0.3, 0.4) is 0 Å². The minimum atomic E-state index is -0.785. The van der Waals surface area contributed by atoms with Crippen molar-refractivity contribution in [3.8, 4) is 0 Å². The smallest absolute Gasteiger partial charge is 0.407 e. The molecule has 1 aromatic rings. The van der Waals surface area contributed by atoms with Gasteiger partial charge < -0.3 is 15.2 Å². The normalized spacial score (nSPS) is 14.9. The lowest BCUT2D eigenvalue weighted by molar-refractivity contribution is 0.0423. The number of hydrogen-bond donors (Lipinski definition) is 2. The molecule has 0 spiro atoms. The van der Waals surface area contributed by atoms with Crippen LogP contribution in [-0.2, 0) is 4.74 Å². The number of amides is 1. The Hall–Kier alpha value is -1.81. The topological polar surface area (TPSA) is 58.6 Å². The monoisotopic (exact) mass is 305 g/mol. The molecule has 4 heteroatoms. The number of aliphatic hydroxyl groups excluding tert-OH is 1. The summed E-state index contributed by atoms with van der Waals surface area (Å²) in [5.41, 5.74) is 0.442. The first-order valence-electron chi connectivity index (χ1n) is 7.60. The SMILES string of the molecule is CC(C)[C@H](NC(=O)OC(C)(C)C)[C@H](O)/C=C/c1ccccc1. The van der Waals surface area contributed by atoms with E-state index in [0.29, 0.717) is 0 Å². The lowest BCUT2D eigenvalue weighted by Crippen LogP contribution is -2.47. The van der Waals surface area contributed by atoms with E-state index >= 15 is 0 Å². The van der Waals surface area contributed by atoms with Crippen molar-refractivity contribution in [2.75, 3.05) is 0 Å². The fourth-order valence-electron chi connectivity index (χ4n) is 1.98. The van der Waals surface area contributed by atoms with E-state index in [1.165, 1.54) is 0 Å². The van der Waals surface area contributed by atoms with Crippen molar-refractivity contribution in [3.05, 3.63) is 42.0 Å². The summed E-state index contributed by atoms with van der Waals surface area (Å²) in [5, 5.41) is 13.1. The molecule has 0 unspecified atom stereocenters. The van der Waals surface area contributed by atoms with Crippen LogP contribution < -0.4 is 5.32 Å². The van der Waals surface area contributed by atoms with Gasteiger partial charge in [0.25, 0.3) is 0 Å². The van der Waals surface area contributed by atoms with Crippen molar-refractivity contribution in [1.82, 2.24) is 5.32 Å². The maximum Gasteiger partial charge on any atom is 0.407 e. The second-order valence-electron chi connectivity index (χ2n) is 6.68. The standard InChI is InChI=1S/C18H27NO3/c1-13(2)16(19-17(21)22-18(3,4)5)15(20)12-11-14-9-7-6-8-10-14/h6-13,15-16,20H,1-5H3,(H,19,21)/b12-11+/t15-,16+/m1/s1. The van der Waals surface area contributed by atoms with E-state index in [1.807, 2.05) is 71.0 Å². The number of aliphatic hydroxyl groups is 1. The Labute approximate surface area is 133 Å².